The van der Waals surface area contributed by atoms with Gasteiger partial charge in [0.1, 0.15) is 0 Å². The molecule has 0 radical (unpaired) electrons. The van der Waals surface area contributed by atoms with Crippen LogP contribution in [0.2, 0.25) is 0 Å². The van der Waals surface area contributed by atoms with Crippen molar-refractivity contribution < 1.29 is 28.1 Å². The van der Waals surface area contributed by atoms with Crippen LogP contribution in [0.3, 0.4) is 0 Å². The largest absolute Gasteiger partial charge is 0.494 e. The standard InChI is InChI=1S/C20H24FNO5/c1-12(14-6-7-16(24-2)15(21)11-14)22-19(23)10-13-8-17(25-3)20(27-5)18(9-13)26-4/h6-9,11-12H,10H2,1-5H3,(H,22,23)/t12-/m1/s1. The van der Waals surface area contributed by atoms with Crippen LogP contribution < -0.4 is 24.3 Å². The summed E-state index contributed by atoms with van der Waals surface area (Å²) in [6, 6.07) is 7.68. The number of benzene rings is 2. The van der Waals surface area contributed by atoms with Gasteiger partial charge in [-0.1, -0.05) is 6.07 Å². The number of methoxy groups -OCH3 is 4. The molecule has 0 aliphatic heterocycles. The fourth-order valence-electron chi connectivity index (χ4n) is 2.75. The molecule has 146 valence electrons. The van der Waals surface area contributed by atoms with E-state index in [-0.39, 0.29) is 24.1 Å². The maximum atomic E-state index is 13.9. The number of rotatable bonds is 8. The predicted molar refractivity (Wildman–Crippen MR) is 99.3 cm³/mol. The highest BCUT2D eigenvalue weighted by Crippen LogP contribution is 2.38. The van der Waals surface area contributed by atoms with Crippen molar-refractivity contribution >= 4 is 5.91 Å². The zero-order valence-corrected chi connectivity index (χ0v) is 16.1. The highest BCUT2D eigenvalue weighted by Gasteiger charge is 2.17. The Morgan fingerprint density at radius 1 is 0.963 bits per heavy atom. The van der Waals surface area contributed by atoms with Crippen LogP contribution in [0.15, 0.2) is 30.3 Å². The predicted octanol–water partition coefficient (Wildman–Crippen LogP) is 3.28. The topological polar surface area (TPSA) is 66.0 Å². The molecular weight excluding hydrogens is 353 g/mol. The van der Waals surface area contributed by atoms with Crippen LogP contribution in [0.25, 0.3) is 0 Å². The summed E-state index contributed by atoms with van der Waals surface area (Å²) in [5.41, 5.74) is 1.35. The van der Waals surface area contributed by atoms with E-state index in [1.165, 1.54) is 40.6 Å². The lowest BCUT2D eigenvalue weighted by Crippen LogP contribution is -2.28. The van der Waals surface area contributed by atoms with Gasteiger partial charge in [-0.05, 0) is 42.3 Å². The molecule has 0 bridgehead atoms. The van der Waals surface area contributed by atoms with Gasteiger partial charge in [0.25, 0.3) is 0 Å². The summed E-state index contributed by atoms with van der Waals surface area (Å²) >= 11 is 0. The minimum Gasteiger partial charge on any atom is -0.494 e. The average Bonchev–Trinajstić information content (AvgIpc) is 2.66. The van der Waals surface area contributed by atoms with Crippen molar-refractivity contribution in [3.63, 3.8) is 0 Å². The second-order valence-corrected chi connectivity index (χ2v) is 5.89. The summed E-state index contributed by atoms with van der Waals surface area (Å²) in [6.45, 7) is 1.79. The molecule has 2 aromatic carbocycles. The number of carbonyl (C=O) groups excluding carboxylic acids is 1. The summed E-state index contributed by atoms with van der Waals surface area (Å²) < 4.78 is 34.6. The lowest BCUT2D eigenvalue weighted by Gasteiger charge is -2.17. The summed E-state index contributed by atoms with van der Waals surface area (Å²) in [7, 11) is 5.95. The Labute approximate surface area is 158 Å². The van der Waals surface area contributed by atoms with E-state index >= 15 is 0 Å². The van der Waals surface area contributed by atoms with Crippen molar-refractivity contribution in [2.75, 3.05) is 28.4 Å². The number of halogens is 1. The van der Waals surface area contributed by atoms with Gasteiger partial charge in [0.05, 0.1) is 40.9 Å². The minimum atomic E-state index is -0.472. The Morgan fingerprint density at radius 3 is 2.04 bits per heavy atom. The van der Waals surface area contributed by atoms with E-state index < -0.39 is 5.82 Å². The van der Waals surface area contributed by atoms with Crippen molar-refractivity contribution in [1.82, 2.24) is 5.32 Å². The van der Waals surface area contributed by atoms with Crippen molar-refractivity contribution in [3.05, 3.63) is 47.3 Å². The first-order chi connectivity index (χ1) is 12.9. The Kier molecular flexibility index (Phi) is 6.87. The Balaban J connectivity index is 2.12. The molecule has 6 nitrogen and oxygen atoms in total. The molecular formula is C20H24FNO5. The molecule has 2 aromatic rings. The molecule has 0 unspecified atom stereocenters. The van der Waals surface area contributed by atoms with Gasteiger partial charge in [-0.15, -0.1) is 0 Å². The quantitative estimate of drug-likeness (QED) is 0.765. The number of nitrogens with one attached hydrogen (secondary N) is 1. The number of amides is 1. The lowest BCUT2D eigenvalue weighted by molar-refractivity contribution is -0.121. The number of carbonyl (C=O) groups is 1. The monoisotopic (exact) mass is 377 g/mol. The highest BCUT2D eigenvalue weighted by molar-refractivity contribution is 5.79. The van der Waals surface area contributed by atoms with Crippen LogP contribution in [-0.2, 0) is 11.2 Å². The molecule has 1 N–H and O–H groups in total. The maximum Gasteiger partial charge on any atom is 0.224 e. The van der Waals surface area contributed by atoms with Gasteiger partial charge >= 0.3 is 0 Å². The minimum absolute atomic E-state index is 0.111. The van der Waals surface area contributed by atoms with Crippen molar-refractivity contribution in [3.8, 4) is 23.0 Å². The van der Waals surface area contributed by atoms with Gasteiger partial charge in [-0.2, -0.15) is 0 Å². The lowest BCUT2D eigenvalue weighted by atomic mass is 10.1. The Hall–Kier alpha value is -2.96. The van der Waals surface area contributed by atoms with Crippen LogP contribution >= 0.6 is 0 Å². The molecule has 0 saturated heterocycles. The zero-order valence-electron chi connectivity index (χ0n) is 16.1. The van der Waals surface area contributed by atoms with Crippen LogP contribution in [-0.4, -0.2) is 34.3 Å². The van der Waals surface area contributed by atoms with E-state index in [9.17, 15) is 9.18 Å². The number of hydrogen-bond donors (Lipinski definition) is 1. The normalized spacial score (nSPS) is 11.5. The second kappa shape index (κ2) is 9.12. The molecule has 1 atom stereocenters. The van der Waals surface area contributed by atoms with E-state index in [0.717, 1.165) is 0 Å². The van der Waals surface area contributed by atoms with Crippen molar-refractivity contribution in [1.29, 1.82) is 0 Å². The highest BCUT2D eigenvalue weighted by atomic mass is 19.1. The van der Waals surface area contributed by atoms with Gasteiger partial charge < -0.3 is 24.3 Å². The van der Waals surface area contributed by atoms with Gasteiger partial charge in [0.2, 0.25) is 11.7 Å². The molecule has 0 fully saturated rings. The molecule has 1 amide bonds. The van der Waals surface area contributed by atoms with E-state index in [4.69, 9.17) is 18.9 Å². The molecule has 0 heterocycles. The second-order valence-electron chi connectivity index (χ2n) is 5.89. The Bertz CT molecular complexity index is 784. The van der Waals surface area contributed by atoms with Gasteiger partial charge in [0, 0.05) is 0 Å². The van der Waals surface area contributed by atoms with E-state index in [2.05, 4.69) is 5.32 Å². The number of hydrogen-bond acceptors (Lipinski definition) is 5. The smallest absolute Gasteiger partial charge is 0.224 e. The first-order valence-corrected chi connectivity index (χ1v) is 8.35. The van der Waals surface area contributed by atoms with Crippen LogP contribution in [0.1, 0.15) is 24.1 Å². The number of ether oxygens (including phenoxy) is 4. The van der Waals surface area contributed by atoms with Crippen LogP contribution in [0.4, 0.5) is 4.39 Å². The molecule has 27 heavy (non-hydrogen) atoms. The van der Waals surface area contributed by atoms with Crippen LogP contribution in [0.5, 0.6) is 23.0 Å². The Morgan fingerprint density at radius 2 is 1.56 bits per heavy atom. The zero-order chi connectivity index (χ0) is 20.0. The fraction of sp³-hybridized carbons (Fsp3) is 0.350. The molecule has 0 aromatic heterocycles. The third-order valence-corrected chi connectivity index (χ3v) is 4.14. The summed E-state index contributed by atoms with van der Waals surface area (Å²) in [5, 5.41) is 2.85. The fourth-order valence-corrected chi connectivity index (χ4v) is 2.75. The van der Waals surface area contributed by atoms with E-state index in [1.54, 1.807) is 25.1 Å². The third-order valence-electron chi connectivity index (χ3n) is 4.14. The first kappa shape index (κ1) is 20.4. The molecule has 0 saturated carbocycles. The average molecular weight is 377 g/mol. The molecule has 0 spiro atoms. The first-order valence-electron chi connectivity index (χ1n) is 8.35. The molecule has 7 heteroatoms. The van der Waals surface area contributed by atoms with Crippen molar-refractivity contribution in [2.45, 2.75) is 19.4 Å². The summed E-state index contributed by atoms with van der Waals surface area (Å²) in [6.07, 6.45) is 0.111. The van der Waals surface area contributed by atoms with Gasteiger partial charge in [-0.25, -0.2) is 4.39 Å². The van der Waals surface area contributed by atoms with E-state index in [1.807, 2.05) is 0 Å². The third kappa shape index (κ3) is 4.81. The molecule has 2 rings (SSSR count). The maximum absolute atomic E-state index is 13.9. The van der Waals surface area contributed by atoms with Gasteiger partial charge in [-0.3, -0.25) is 4.79 Å². The molecule has 0 aliphatic rings. The van der Waals surface area contributed by atoms with Crippen LogP contribution in [0, 0.1) is 5.82 Å². The molecule has 0 aliphatic carbocycles. The van der Waals surface area contributed by atoms with Gasteiger partial charge in [0.15, 0.2) is 23.1 Å². The summed E-state index contributed by atoms with van der Waals surface area (Å²) in [4.78, 5) is 12.4. The summed E-state index contributed by atoms with van der Waals surface area (Å²) in [5.74, 6) is 0.893. The van der Waals surface area contributed by atoms with Crippen molar-refractivity contribution in [2.24, 2.45) is 0 Å². The van der Waals surface area contributed by atoms with E-state index in [0.29, 0.717) is 28.4 Å². The SMILES string of the molecule is COc1ccc([C@@H](C)NC(=O)Cc2cc(OC)c(OC)c(OC)c2)cc1F.